The fraction of sp³-hybridized carbons (Fsp3) is 0.615. The van der Waals surface area contributed by atoms with Gasteiger partial charge < -0.3 is 10.1 Å². The summed E-state index contributed by atoms with van der Waals surface area (Å²) in [5, 5.41) is 3.24. The normalized spacial score (nSPS) is 22.6. The molecule has 1 fully saturated rings. The Bertz CT molecular complexity index is 521. The van der Waals surface area contributed by atoms with Crippen molar-refractivity contribution in [3.8, 4) is 0 Å². The second-order valence-electron chi connectivity index (χ2n) is 4.94. The minimum atomic E-state index is -3.35. The van der Waals surface area contributed by atoms with Gasteiger partial charge in [0.1, 0.15) is 0 Å². The van der Waals surface area contributed by atoms with E-state index in [1.165, 1.54) is 7.11 Å². The molecule has 112 valence electrons. The van der Waals surface area contributed by atoms with E-state index in [4.69, 9.17) is 4.74 Å². The molecule has 20 heavy (non-hydrogen) atoms. The minimum absolute atomic E-state index is 0.000260. The number of nitrogens with one attached hydrogen (secondary N) is 1. The fourth-order valence-corrected chi connectivity index (χ4v) is 4.21. The fourth-order valence-electron chi connectivity index (χ4n) is 2.34. The molecule has 0 saturated carbocycles. The maximum Gasteiger partial charge on any atom is 0.217 e. The number of methoxy groups -OCH3 is 1. The molecule has 1 N–H and O–H groups in total. The summed E-state index contributed by atoms with van der Waals surface area (Å²) in [5.41, 5.74) is 0.911. The number of nitrogens with zero attached hydrogens (tertiary/aromatic N) is 2. The van der Waals surface area contributed by atoms with E-state index in [0.717, 1.165) is 5.56 Å². The van der Waals surface area contributed by atoms with Crippen molar-refractivity contribution in [3.63, 3.8) is 0 Å². The molecule has 1 saturated heterocycles. The molecule has 0 radical (unpaired) electrons. The Morgan fingerprint density at radius 1 is 1.60 bits per heavy atom. The van der Waals surface area contributed by atoms with Gasteiger partial charge in [0.25, 0.3) is 0 Å². The van der Waals surface area contributed by atoms with Crippen LogP contribution in [0.4, 0.5) is 0 Å². The number of sulfonamides is 1. The van der Waals surface area contributed by atoms with Crippen LogP contribution < -0.4 is 5.32 Å². The van der Waals surface area contributed by atoms with Crippen molar-refractivity contribution < 1.29 is 13.2 Å². The summed E-state index contributed by atoms with van der Waals surface area (Å²) in [6.45, 7) is 3.50. The average molecular weight is 299 g/mol. The molecule has 0 amide bonds. The van der Waals surface area contributed by atoms with E-state index in [1.54, 1.807) is 23.6 Å². The third kappa shape index (κ3) is 3.54. The summed E-state index contributed by atoms with van der Waals surface area (Å²) in [4.78, 5) is 4.08. The Morgan fingerprint density at radius 2 is 2.40 bits per heavy atom. The van der Waals surface area contributed by atoms with Gasteiger partial charge in [-0.3, -0.25) is 4.98 Å². The lowest BCUT2D eigenvalue weighted by Gasteiger charge is -2.35. The molecule has 0 bridgehead atoms. The van der Waals surface area contributed by atoms with Crippen molar-refractivity contribution in [2.24, 2.45) is 0 Å². The van der Waals surface area contributed by atoms with Gasteiger partial charge in [0.05, 0.1) is 17.9 Å². The van der Waals surface area contributed by atoms with Gasteiger partial charge in [0.15, 0.2) is 0 Å². The van der Waals surface area contributed by atoms with E-state index >= 15 is 0 Å². The maximum atomic E-state index is 12.5. The summed E-state index contributed by atoms with van der Waals surface area (Å²) >= 11 is 0. The highest BCUT2D eigenvalue weighted by molar-refractivity contribution is 7.89. The first-order valence-corrected chi connectivity index (χ1v) is 8.28. The van der Waals surface area contributed by atoms with E-state index in [1.807, 2.05) is 12.1 Å². The van der Waals surface area contributed by atoms with Crippen LogP contribution in [0.1, 0.15) is 18.5 Å². The molecule has 0 aromatic carbocycles. The van der Waals surface area contributed by atoms with Crippen LogP contribution in [0.3, 0.4) is 0 Å². The first-order valence-electron chi connectivity index (χ1n) is 6.67. The summed E-state index contributed by atoms with van der Waals surface area (Å²) in [7, 11) is -1.83. The largest absolute Gasteiger partial charge is 0.381 e. The molecule has 1 aliphatic rings. The molecule has 1 aromatic heterocycles. The van der Waals surface area contributed by atoms with Crippen LogP contribution in [0.5, 0.6) is 0 Å². The summed E-state index contributed by atoms with van der Waals surface area (Å²) < 4.78 is 31.7. The number of piperazine rings is 1. The van der Waals surface area contributed by atoms with Crippen LogP contribution >= 0.6 is 0 Å². The minimum Gasteiger partial charge on any atom is -0.381 e. The zero-order valence-electron chi connectivity index (χ0n) is 11.8. The topological polar surface area (TPSA) is 71.5 Å². The number of aromatic nitrogens is 1. The van der Waals surface area contributed by atoms with Gasteiger partial charge in [0, 0.05) is 39.1 Å². The maximum absolute atomic E-state index is 12.5. The molecule has 0 spiro atoms. The summed E-state index contributed by atoms with van der Waals surface area (Å²) in [6, 6.07) is 3.53. The Morgan fingerprint density at radius 3 is 3.05 bits per heavy atom. The molecule has 2 unspecified atom stereocenters. The first kappa shape index (κ1) is 15.4. The number of pyridine rings is 1. The SMILES string of the molecule is COC(C)CS(=O)(=O)N1CCNCC1c1cccnc1. The van der Waals surface area contributed by atoms with E-state index in [9.17, 15) is 8.42 Å². The quantitative estimate of drug-likeness (QED) is 0.852. The number of rotatable bonds is 5. The van der Waals surface area contributed by atoms with Gasteiger partial charge in [-0.1, -0.05) is 6.07 Å². The average Bonchev–Trinajstić information content (AvgIpc) is 2.47. The number of hydrogen-bond donors (Lipinski definition) is 1. The molecule has 0 aliphatic carbocycles. The van der Waals surface area contributed by atoms with Crippen molar-refractivity contribution in [1.29, 1.82) is 0 Å². The van der Waals surface area contributed by atoms with E-state index < -0.39 is 10.0 Å². The highest BCUT2D eigenvalue weighted by Crippen LogP contribution is 2.25. The summed E-state index contributed by atoms with van der Waals surface area (Å²) in [5.74, 6) is 0.000260. The Balaban J connectivity index is 2.23. The molecule has 2 rings (SSSR count). The van der Waals surface area contributed by atoms with Gasteiger partial charge in [-0.15, -0.1) is 0 Å². The molecule has 1 aliphatic heterocycles. The highest BCUT2D eigenvalue weighted by Gasteiger charge is 2.34. The molecule has 2 atom stereocenters. The van der Waals surface area contributed by atoms with Gasteiger partial charge in [-0.25, -0.2) is 8.42 Å². The zero-order chi connectivity index (χ0) is 14.6. The van der Waals surface area contributed by atoms with Crippen molar-refractivity contribution in [1.82, 2.24) is 14.6 Å². The smallest absolute Gasteiger partial charge is 0.217 e. The lowest BCUT2D eigenvalue weighted by atomic mass is 10.1. The molecule has 1 aromatic rings. The summed E-state index contributed by atoms with van der Waals surface area (Å²) in [6.07, 6.45) is 3.09. The second-order valence-corrected chi connectivity index (χ2v) is 6.91. The van der Waals surface area contributed by atoms with E-state index in [2.05, 4.69) is 10.3 Å². The predicted octanol–water partition coefficient (Wildman–Crippen LogP) is 0.393. The third-order valence-corrected chi connectivity index (χ3v) is 5.51. The van der Waals surface area contributed by atoms with Crippen LogP contribution in [0.15, 0.2) is 24.5 Å². The monoisotopic (exact) mass is 299 g/mol. The molecule has 2 heterocycles. The van der Waals surface area contributed by atoms with Crippen LogP contribution in [0.2, 0.25) is 0 Å². The Labute approximate surface area is 120 Å². The molecule has 6 nitrogen and oxygen atoms in total. The Hall–Kier alpha value is -1.02. The van der Waals surface area contributed by atoms with Crippen molar-refractivity contribution >= 4 is 10.0 Å². The van der Waals surface area contributed by atoms with Crippen LogP contribution in [0, 0.1) is 0 Å². The Kier molecular flexibility index (Phi) is 5.09. The van der Waals surface area contributed by atoms with Crippen LogP contribution in [-0.2, 0) is 14.8 Å². The van der Waals surface area contributed by atoms with Crippen LogP contribution in [-0.4, -0.2) is 56.3 Å². The van der Waals surface area contributed by atoms with E-state index in [-0.39, 0.29) is 17.9 Å². The highest BCUT2D eigenvalue weighted by atomic mass is 32.2. The third-order valence-electron chi connectivity index (χ3n) is 3.47. The molecule has 7 heteroatoms. The van der Waals surface area contributed by atoms with Crippen molar-refractivity contribution in [2.45, 2.75) is 19.1 Å². The molecular formula is C13H21N3O3S. The lowest BCUT2D eigenvalue weighted by molar-refractivity contribution is 0.134. The van der Waals surface area contributed by atoms with Crippen molar-refractivity contribution in [2.75, 3.05) is 32.5 Å². The predicted molar refractivity (Wildman–Crippen MR) is 76.8 cm³/mol. The van der Waals surface area contributed by atoms with Gasteiger partial charge in [-0.05, 0) is 18.6 Å². The first-order chi connectivity index (χ1) is 9.54. The van der Waals surface area contributed by atoms with Gasteiger partial charge >= 0.3 is 0 Å². The van der Waals surface area contributed by atoms with Gasteiger partial charge in [0.2, 0.25) is 10.0 Å². The standard InChI is InChI=1S/C13H21N3O3S/c1-11(19-2)10-20(17,18)16-7-6-15-9-13(16)12-4-3-5-14-8-12/h3-5,8,11,13,15H,6-7,9-10H2,1-2H3. The number of hydrogen-bond acceptors (Lipinski definition) is 5. The van der Waals surface area contributed by atoms with Gasteiger partial charge in [-0.2, -0.15) is 4.31 Å². The van der Waals surface area contributed by atoms with Crippen molar-refractivity contribution in [3.05, 3.63) is 30.1 Å². The molecular weight excluding hydrogens is 278 g/mol. The lowest BCUT2D eigenvalue weighted by Crippen LogP contribution is -2.50. The second kappa shape index (κ2) is 6.62. The van der Waals surface area contributed by atoms with Crippen LogP contribution in [0.25, 0.3) is 0 Å². The number of ether oxygens (including phenoxy) is 1. The zero-order valence-corrected chi connectivity index (χ0v) is 12.6. The van der Waals surface area contributed by atoms with E-state index in [0.29, 0.717) is 19.6 Å².